The molecule has 3 rings (SSSR count). The van der Waals surface area contributed by atoms with Crippen molar-refractivity contribution in [1.29, 1.82) is 0 Å². The smallest absolute Gasteiger partial charge is 0.410 e. The van der Waals surface area contributed by atoms with Gasteiger partial charge in [0.2, 0.25) is 0 Å². The van der Waals surface area contributed by atoms with Gasteiger partial charge in [-0.2, -0.15) is 0 Å². The Morgan fingerprint density at radius 2 is 1.73 bits per heavy atom. The lowest BCUT2D eigenvalue weighted by molar-refractivity contribution is -0.0830. The lowest BCUT2D eigenvalue weighted by atomic mass is 9.91. The highest BCUT2D eigenvalue weighted by Crippen LogP contribution is 2.33. The minimum absolute atomic E-state index is 0.0742. The van der Waals surface area contributed by atoms with Crippen molar-refractivity contribution in [3.8, 4) is 5.75 Å². The van der Waals surface area contributed by atoms with Crippen LogP contribution in [-0.2, 0) is 4.74 Å². The van der Waals surface area contributed by atoms with E-state index in [0.29, 0.717) is 12.4 Å². The van der Waals surface area contributed by atoms with Gasteiger partial charge in [0.25, 0.3) is 0 Å². The van der Waals surface area contributed by atoms with Gasteiger partial charge < -0.3 is 9.47 Å². The van der Waals surface area contributed by atoms with Crippen molar-refractivity contribution in [2.24, 2.45) is 0 Å². The van der Waals surface area contributed by atoms with Gasteiger partial charge in [0.1, 0.15) is 5.75 Å². The maximum absolute atomic E-state index is 13.1. The molecule has 26 heavy (non-hydrogen) atoms. The summed E-state index contributed by atoms with van der Waals surface area (Å²) >= 11 is 0. The molecule has 1 amide bonds. The minimum atomic E-state index is -0.310. The molecule has 4 nitrogen and oxygen atoms in total. The predicted molar refractivity (Wildman–Crippen MR) is 102 cm³/mol. The van der Waals surface area contributed by atoms with Crippen molar-refractivity contribution in [2.75, 3.05) is 6.61 Å². The van der Waals surface area contributed by atoms with Gasteiger partial charge in [0.05, 0.1) is 11.6 Å². The fourth-order valence-corrected chi connectivity index (χ4v) is 3.59. The van der Waals surface area contributed by atoms with Gasteiger partial charge in [-0.3, -0.25) is 4.90 Å². The molecule has 0 radical (unpaired) electrons. The Bertz CT molecular complexity index is 715. The maximum Gasteiger partial charge on any atom is 0.415 e. The van der Waals surface area contributed by atoms with Crippen molar-refractivity contribution < 1.29 is 14.3 Å². The molecule has 1 fully saturated rings. The number of para-hydroxylation sites is 1. The molecule has 0 spiro atoms. The van der Waals surface area contributed by atoms with Gasteiger partial charge in [-0.05, 0) is 51.3 Å². The van der Waals surface area contributed by atoms with Gasteiger partial charge in [-0.15, -0.1) is 0 Å². The Hall–Kier alpha value is -2.33. The van der Waals surface area contributed by atoms with Crippen LogP contribution in [0.3, 0.4) is 0 Å². The normalized spacial score (nSPS) is 20.2. The van der Waals surface area contributed by atoms with Crippen LogP contribution in [0.25, 0.3) is 0 Å². The minimum Gasteiger partial charge on any atom is -0.410 e. The zero-order chi connectivity index (χ0) is 18.6. The maximum atomic E-state index is 13.1. The molecule has 0 aromatic heterocycles. The molecular weight excluding hydrogens is 326 g/mol. The van der Waals surface area contributed by atoms with Crippen LogP contribution in [0.4, 0.5) is 4.79 Å². The van der Waals surface area contributed by atoms with Gasteiger partial charge in [0, 0.05) is 12.6 Å². The molecule has 2 aromatic rings. The first-order valence-electron chi connectivity index (χ1n) is 9.20. The molecule has 0 saturated carbocycles. The summed E-state index contributed by atoms with van der Waals surface area (Å²) in [5, 5.41) is 0. The van der Waals surface area contributed by atoms with E-state index in [9.17, 15) is 4.79 Å². The Labute approximate surface area is 155 Å². The van der Waals surface area contributed by atoms with E-state index in [-0.39, 0.29) is 23.8 Å². The van der Waals surface area contributed by atoms with Gasteiger partial charge in [-0.1, -0.05) is 48.5 Å². The summed E-state index contributed by atoms with van der Waals surface area (Å²) in [5.41, 5.74) is 0.853. The van der Waals surface area contributed by atoms with E-state index in [1.165, 1.54) is 0 Å². The van der Waals surface area contributed by atoms with Gasteiger partial charge in [-0.25, -0.2) is 4.79 Å². The van der Waals surface area contributed by atoms with Crippen LogP contribution < -0.4 is 4.74 Å². The van der Waals surface area contributed by atoms with Crippen LogP contribution in [-0.4, -0.2) is 29.2 Å². The van der Waals surface area contributed by atoms with Crippen molar-refractivity contribution in [2.45, 2.75) is 51.3 Å². The summed E-state index contributed by atoms with van der Waals surface area (Å²) in [7, 11) is 0. The number of carbonyl (C=O) groups is 1. The molecule has 0 aliphatic carbocycles. The quantitative estimate of drug-likeness (QED) is 0.758. The second kappa shape index (κ2) is 7.92. The summed E-state index contributed by atoms with van der Waals surface area (Å²) in [5.74, 6) is 0.564. The first-order valence-corrected chi connectivity index (χ1v) is 9.20. The third-order valence-electron chi connectivity index (χ3n) is 4.92. The van der Waals surface area contributed by atoms with E-state index < -0.39 is 0 Å². The van der Waals surface area contributed by atoms with Crippen molar-refractivity contribution >= 4 is 6.09 Å². The topological polar surface area (TPSA) is 38.8 Å². The van der Waals surface area contributed by atoms with Crippen LogP contribution in [0, 0.1) is 0 Å². The lowest BCUT2D eigenvalue weighted by Gasteiger charge is -2.43. The Balaban J connectivity index is 1.86. The van der Waals surface area contributed by atoms with Crippen molar-refractivity contribution in [3.05, 3.63) is 66.2 Å². The number of ether oxygens (including phenoxy) is 2. The molecule has 4 heteroatoms. The largest absolute Gasteiger partial charge is 0.415 e. The number of carbonyl (C=O) groups excluding carboxylic acids is 1. The van der Waals surface area contributed by atoms with Gasteiger partial charge >= 0.3 is 6.09 Å². The average Bonchev–Trinajstić information content (AvgIpc) is 2.62. The zero-order valence-corrected chi connectivity index (χ0v) is 15.7. The number of hydrogen-bond acceptors (Lipinski definition) is 3. The predicted octanol–water partition coefficient (Wildman–Crippen LogP) is 5.21. The summed E-state index contributed by atoms with van der Waals surface area (Å²) in [6.07, 6.45) is 1.29. The number of hydrogen-bond donors (Lipinski definition) is 0. The molecule has 0 bridgehead atoms. The van der Waals surface area contributed by atoms with E-state index in [1.807, 2.05) is 41.3 Å². The molecule has 1 aliphatic rings. The second-order valence-corrected chi connectivity index (χ2v) is 7.43. The van der Waals surface area contributed by atoms with E-state index in [4.69, 9.17) is 9.47 Å². The molecule has 1 aliphatic heterocycles. The van der Waals surface area contributed by atoms with Crippen LogP contribution in [0.1, 0.15) is 45.2 Å². The summed E-state index contributed by atoms with van der Waals surface area (Å²) < 4.78 is 11.5. The van der Waals surface area contributed by atoms with Crippen molar-refractivity contribution in [3.63, 3.8) is 0 Å². The second-order valence-electron chi connectivity index (χ2n) is 7.43. The van der Waals surface area contributed by atoms with Crippen LogP contribution in [0.2, 0.25) is 0 Å². The van der Waals surface area contributed by atoms with Crippen LogP contribution in [0.5, 0.6) is 5.75 Å². The highest BCUT2D eigenvalue weighted by Gasteiger charge is 2.37. The standard InChI is InChI=1S/C22H27NO3/c1-17(18-10-6-4-7-11-18)23(19-14-15-25-22(2,3)16-19)21(24)26-20-12-8-5-9-13-20/h4-13,17,19H,14-16H2,1-3H3/t17-,19+/m1/s1. The van der Waals surface area contributed by atoms with Crippen molar-refractivity contribution in [1.82, 2.24) is 4.90 Å². The molecule has 1 saturated heterocycles. The first-order chi connectivity index (χ1) is 12.5. The number of amides is 1. The number of benzene rings is 2. The molecule has 2 atom stereocenters. The highest BCUT2D eigenvalue weighted by atomic mass is 16.6. The summed E-state index contributed by atoms with van der Waals surface area (Å²) in [6, 6.07) is 19.3. The molecule has 1 heterocycles. The molecule has 138 valence electrons. The average molecular weight is 353 g/mol. The summed E-state index contributed by atoms with van der Waals surface area (Å²) in [6.45, 7) is 6.86. The van der Waals surface area contributed by atoms with E-state index >= 15 is 0 Å². The number of nitrogens with zero attached hydrogens (tertiary/aromatic N) is 1. The number of rotatable bonds is 4. The van der Waals surface area contributed by atoms with E-state index in [1.54, 1.807) is 12.1 Å². The SMILES string of the molecule is C[C@H](c1ccccc1)N(C(=O)Oc1ccccc1)[C@H]1CCOC(C)(C)C1. The Morgan fingerprint density at radius 3 is 2.35 bits per heavy atom. The molecule has 2 aromatic carbocycles. The lowest BCUT2D eigenvalue weighted by Crippen LogP contribution is -2.50. The Morgan fingerprint density at radius 1 is 1.12 bits per heavy atom. The first kappa shape index (κ1) is 18.5. The van der Waals surface area contributed by atoms with Gasteiger partial charge in [0.15, 0.2) is 0 Å². The third kappa shape index (κ3) is 4.44. The fraction of sp³-hybridized carbons (Fsp3) is 0.409. The summed E-state index contributed by atoms with van der Waals surface area (Å²) in [4.78, 5) is 15.0. The monoisotopic (exact) mass is 353 g/mol. The highest BCUT2D eigenvalue weighted by molar-refractivity contribution is 5.71. The van der Waals surface area contributed by atoms with Crippen LogP contribution >= 0.6 is 0 Å². The molecule has 0 unspecified atom stereocenters. The fourth-order valence-electron chi connectivity index (χ4n) is 3.59. The zero-order valence-electron chi connectivity index (χ0n) is 15.7. The van der Waals surface area contributed by atoms with E-state index in [2.05, 4.69) is 32.9 Å². The van der Waals surface area contributed by atoms with Crippen LogP contribution in [0.15, 0.2) is 60.7 Å². The Kier molecular flexibility index (Phi) is 5.62. The van der Waals surface area contributed by atoms with E-state index in [0.717, 1.165) is 18.4 Å². The molecular formula is C22H27NO3. The third-order valence-corrected chi connectivity index (χ3v) is 4.92. The molecule has 0 N–H and O–H groups in total.